The van der Waals surface area contributed by atoms with E-state index in [1.54, 1.807) is 12.1 Å². The third-order valence-electron chi connectivity index (χ3n) is 2.02. The molecule has 0 aliphatic carbocycles. The van der Waals surface area contributed by atoms with Gasteiger partial charge in [-0.3, -0.25) is 0 Å². The van der Waals surface area contributed by atoms with Gasteiger partial charge in [-0.1, -0.05) is 36.4 Å². The zero-order valence-corrected chi connectivity index (χ0v) is 6.90. The zero-order valence-electron chi connectivity index (χ0n) is 6.90. The van der Waals surface area contributed by atoms with Gasteiger partial charge >= 0.3 is 35.5 Å². The average Bonchev–Trinajstić information content (AvgIpc) is 2.17. The number of carboxylic acid groups (broad SMARTS) is 1. The van der Waals surface area contributed by atoms with Gasteiger partial charge in [0.25, 0.3) is 0 Å². The van der Waals surface area contributed by atoms with E-state index in [1.165, 1.54) is 0 Å². The van der Waals surface area contributed by atoms with Crippen molar-refractivity contribution in [2.75, 3.05) is 0 Å². The van der Waals surface area contributed by atoms with Crippen molar-refractivity contribution in [2.24, 2.45) is 0 Å². The van der Waals surface area contributed by atoms with Crippen molar-refractivity contribution in [3.8, 4) is 0 Å². The molecule has 0 amide bonds. The standard InChI is InChI=1S/C11H8O2.Na.H/c12-11(13)10-7-3-5-8-4-1-2-6-9(8)10;;/h1-7H,(H,12,13);;. The monoisotopic (exact) mass is 196 g/mol. The van der Waals surface area contributed by atoms with Crippen LogP contribution in [-0.2, 0) is 0 Å². The quantitative estimate of drug-likeness (QED) is 0.707. The molecule has 3 heteroatoms. The van der Waals surface area contributed by atoms with Crippen LogP contribution in [0.4, 0.5) is 0 Å². The number of hydrogen-bond acceptors (Lipinski definition) is 1. The number of aromatic carboxylic acids is 1. The molecule has 0 saturated carbocycles. The van der Waals surface area contributed by atoms with Crippen molar-refractivity contribution in [1.82, 2.24) is 0 Å². The summed E-state index contributed by atoms with van der Waals surface area (Å²) in [5, 5.41) is 10.6. The summed E-state index contributed by atoms with van der Waals surface area (Å²) in [5.74, 6) is -0.878. The van der Waals surface area contributed by atoms with Gasteiger partial charge in [0, 0.05) is 0 Å². The van der Waals surface area contributed by atoms with Crippen LogP contribution in [0.1, 0.15) is 10.4 Å². The Morgan fingerprint density at radius 2 is 1.64 bits per heavy atom. The molecule has 0 atom stereocenters. The summed E-state index contributed by atoms with van der Waals surface area (Å²) < 4.78 is 0. The van der Waals surface area contributed by atoms with E-state index < -0.39 is 5.97 Å². The maximum absolute atomic E-state index is 10.8. The first-order valence-corrected chi connectivity index (χ1v) is 4.00. The Hall–Kier alpha value is -0.830. The first kappa shape index (κ1) is 11.2. The molecule has 0 aliphatic heterocycles. The Morgan fingerprint density at radius 1 is 1.00 bits per heavy atom. The molecular weight excluding hydrogens is 187 g/mol. The SMILES string of the molecule is O=C(O)c1cccc2ccccc12.[NaH]. The summed E-state index contributed by atoms with van der Waals surface area (Å²) in [6, 6.07) is 12.7. The Kier molecular flexibility index (Phi) is 3.69. The average molecular weight is 196 g/mol. The predicted molar refractivity (Wildman–Crippen MR) is 58.1 cm³/mol. The van der Waals surface area contributed by atoms with Gasteiger partial charge in [-0.2, -0.15) is 0 Å². The molecule has 1 N–H and O–H groups in total. The Balaban J connectivity index is 0.000000980. The minimum absolute atomic E-state index is 0. The second-order valence-corrected chi connectivity index (χ2v) is 2.83. The van der Waals surface area contributed by atoms with Gasteiger partial charge in [-0.05, 0) is 16.8 Å². The Morgan fingerprint density at radius 3 is 2.36 bits per heavy atom. The molecule has 0 aromatic heterocycles. The van der Waals surface area contributed by atoms with Crippen LogP contribution >= 0.6 is 0 Å². The fraction of sp³-hybridized carbons (Fsp3) is 0. The van der Waals surface area contributed by atoms with Gasteiger partial charge in [0.05, 0.1) is 5.56 Å². The maximum atomic E-state index is 10.8. The molecule has 66 valence electrons. The van der Waals surface area contributed by atoms with Crippen LogP contribution in [0, 0.1) is 0 Å². The van der Waals surface area contributed by atoms with Crippen LogP contribution in [0.25, 0.3) is 10.8 Å². The Labute approximate surface area is 104 Å². The van der Waals surface area contributed by atoms with Crippen molar-refractivity contribution in [3.63, 3.8) is 0 Å². The van der Waals surface area contributed by atoms with E-state index in [-0.39, 0.29) is 29.6 Å². The van der Waals surface area contributed by atoms with Gasteiger partial charge in [-0.25, -0.2) is 4.79 Å². The summed E-state index contributed by atoms with van der Waals surface area (Å²) in [5.41, 5.74) is 0.359. The van der Waals surface area contributed by atoms with Gasteiger partial charge in [0.2, 0.25) is 0 Å². The van der Waals surface area contributed by atoms with E-state index in [9.17, 15) is 4.79 Å². The number of carbonyl (C=O) groups is 1. The fourth-order valence-electron chi connectivity index (χ4n) is 1.41. The first-order chi connectivity index (χ1) is 6.29. The van der Waals surface area contributed by atoms with Crippen molar-refractivity contribution in [3.05, 3.63) is 48.0 Å². The van der Waals surface area contributed by atoms with Crippen LogP contribution < -0.4 is 0 Å². The molecule has 0 unspecified atom stereocenters. The summed E-state index contributed by atoms with van der Waals surface area (Å²) in [6.07, 6.45) is 0. The predicted octanol–water partition coefficient (Wildman–Crippen LogP) is 1.89. The molecular formula is C11H9NaO2. The van der Waals surface area contributed by atoms with Gasteiger partial charge in [0.1, 0.15) is 0 Å². The Bertz CT molecular complexity index is 460. The molecule has 14 heavy (non-hydrogen) atoms. The number of hydrogen-bond donors (Lipinski definition) is 1. The molecule has 0 spiro atoms. The number of carboxylic acids is 1. The second kappa shape index (κ2) is 4.60. The molecule has 0 heterocycles. The molecule has 0 bridgehead atoms. The van der Waals surface area contributed by atoms with E-state index in [2.05, 4.69) is 0 Å². The molecule has 2 aromatic rings. The van der Waals surface area contributed by atoms with Crippen LogP contribution in [0.5, 0.6) is 0 Å². The van der Waals surface area contributed by atoms with E-state index in [1.807, 2.05) is 30.3 Å². The number of fused-ring (bicyclic) bond motifs is 1. The third kappa shape index (κ3) is 1.98. The molecule has 0 radical (unpaired) electrons. The van der Waals surface area contributed by atoms with Crippen LogP contribution in [-0.4, -0.2) is 40.6 Å². The van der Waals surface area contributed by atoms with Gasteiger partial charge in [-0.15, -0.1) is 0 Å². The summed E-state index contributed by atoms with van der Waals surface area (Å²) in [4.78, 5) is 10.8. The molecule has 0 saturated heterocycles. The van der Waals surface area contributed by atoms with Crippen LogP contribution in [0.15, 0.2) is 42.5 Å². The van der Waals surface area contributed by atoms with Crippen LogP contribution in [0.2, 0.25) is 0 Å². The van der Waals surface area contributed by atoms with E-state index >= 15 is 0 Å². The van der Waals surface area contributed by atoms with Crippen molar-refractivity contribution in [2.45, 2.75) is 0 Å². The van der Waals surface area contributed by atoms with Gasteiger partial charge in [0.15, 0.2) is 0 Å². The molecule has 2 rings (SSSR count). The summed E-state index contributed by atoms with van der Waals surface area (Å²) in [7, 11) is 0. The normalized spacial score (nSPS) is 9.43. The number of rotatable bonds is 1. The van der Waals surface area contributed by atoms with Crippen molar-refractivity contribution in [1.29, 1.82) is 0 Å². The molecule has 0 fully saturated rings. The molecule has 0 aliphatic rings. The molecule has 2 nitrogen and oxygen atoms in total. The van der Waals surface area contributed by atoms with Crippen molar-refractivity contribution < 1.29 is 9.90 Å². The van der Waals surface area contributed by atoms with Gasteiger partial charge < -0.3 is 5.11 Å². The number of benzene rings is 2. The second-order valence-electron chi connectivity index (χ2n) is 2.83. The third-order valence-corrected chi connectivity index (χ3v) is 2.02. The molecule has 2 aromatic carbocycles. The van der Waals surface area contributed by atoms with E-state index in [0.717, 1.165) is 10.8 Å². The fourth-order valence-corrected chi connectivity index (χ4v) is 1.41. The summed E-state index contributed by atoms with van der Waals surface area (Å²) in [6.45, 7) is 0. The first-order valence-electron chi connectivity index (χ1n) is 4.00. The van der Waals surface area contributed by atoms with Crippen molar-refractivity contribution >= 4 is 46.3 Å². The zero-order chi connectivity index (χ0) is 9.26. The summed E-state index contributed by atoms with van der Waals surface area (Å²) >= 11 is 0. The topological polar surface area (TPSA) is 37.3 Å². The van der Waals surface area contributed by atoms with E-state index in [0.29, 0.717) is 5.56 Å². The van der Waals surface area contributed by atoms with Crippen LogP contribution in [0.3, 0.4) is 0 Å². The minimum atomic E-state index is -0.878. The van der Waals surface area contributed by atoms with E-state index in [4.69, 9.17) is 5.11 Å².